The number of nitrogen functional groups attached to an aromatic ring is 1. The molecule has 1 aromatic carbocycles. The Morgan fingerprint density at radius 3 is 2.47 bits per heavy atom. The molecule has 0 fully saturated rings. The molecule has 0 radical (unpaired) electrons. The average Bonchev–Trinajstić information content (AvgIpc) is 2.33. The standard InChI is InChI=1S/C13H15N3O/c1-9-2-4-12(5-3-9)16-8-11(15)6-10(7-14)13(16)17/h2-6,8H,7,14-15H2,1H3. The van der Waals surface area contributed by atoms with Crippen LogP contribution < -0.4 is 17.0 Å². The van der Waals surface area contributed by atoms with Crippen LogP contribution in [0.1, 0.15) is 11.1 Å². The molecule has 2 rings (SSSR count). The number of pyridine rings is 1. The monoisotopic (exact) mass is 229 g/mol. The van der Waals surface area contributed by atoms with Gasteiger partial charge in [0, 0.05) is 29.7 Å². The molecule has 0 aliphatic rings. The van der Waals surface area contributed by atoms with E-state index in [-0.39, 0.29) is 12.1 Å². The highest BCUT2D eigenvalue weighted by Crippen LogP contribution is 2.10. The fourth-order valence-corrected chi connectivity index (χ4v) is 1.71. The Morgan fingerprint density at radius 2 is 1.88 bits per heavy atom. The molecule has 0 saturated heterocycles. The van der Waals surface area contributed by atoms with Crippen LogP contribution in [0.4, 0.5) is 5.69 Å². The van der Waals surface area contributed by atoms with E-state index in [1.807, 2.05) is 31.2 Å². The summed E-state index contributed by atoms with van der Waals surface area (Å²) >= 11 is 0. The number of hydrogen-bond donors (Lipinski definition) is 2. The van der Waals surface area contributed by atoms with Crippen molar-refractivity contribution in [2.24, 2.45) is 5.73 Å². The van der Waals surface area contributed by atoms with Crippen molar-refractivity contribution >= 4 is 5.69 Å². The van der Waals surface area contributed by atoms with Crippen LogP contribution in [0.15, 0.2) is 41.3 Å². The summed E-state index contributed by atoms with van der Waals surface area (Å²) in [5, 5.41) is 0. The Kier molecular flexibility index (Phi) is 2.97. The normalized spacial score (nSPS) is 10.5. The molecule has 0 saturated carbocycles. The van der Waals surface area contributed by atoms with Crippen LogP contribution in [0.25, 0.3) is 5.69 Å². The summed E-state index contributed by atoms with van der Waals surface area (Å²) in [5.41, 5.74) is 14.1. The number of aryl methyl sites for hydroxylation is 1. The first kappa shape index (κ1) is 11.4. The summed E-state index contributed by atoms with van der Waals surface area (Å²) in [5.74, 6) is 0. The van der Waals surface area contributed by atoms with Crippen molar-refractivity contribution in [3.8, 4) is 5.69 Å². The first-order valence-electron chi connectivity index (χ1n) is 5.40. The van der Waals surface area contributed by atoms with Gasteiger partial charge in [-0.15, -0.1) is 0 Å². The topological polar surface area (TPSA) is 74.0 Å². The highest BCUT2D eigenvalue weighted by molar-refractivity contribution is 5.43. The van der Waals surface area contributed by atoms with E-state index in [1.165, 1.54) is 4.57 Å². The summed E-state index contributed by atoms with van der Waals surface area (Å²) < 4.78 is 1.52. The fourth-order valence-electron chi connectivity index (χ4n) is 1.71. The minimum Gasteiger partial charge on any atom is -0.398 e. The quantitative estimate of drug-likeness (QED) is 0.812. The molecule has 0 aliphatic carbocycles. The second-order valence-electron chi connectivity index (χ2n) is 4.01. The number of hydrogen-bond acceptors (Lipinski definition) is 3. The van der Waals surface area contributed by atoms with Crippen molar-refractivity contribution in [3.63, 3.8) is 0 Å². The number of nitrogens with zero attached hydrogens (tertiary/aromatic N) is 1. The Bertz CT molecular complexity index is 585. The molecule has 4 nitrogen and oxygen atoms in total. The molecular formula is C13H15N3O. The van der Waals surface area contributed by atoms with Gasteiger partial charge in [0.15, 0.2) is 0 Å². The summed E-state index contributed by atoms with van der Waals surface area (Å²) in [7, 11) is 0. The number of rotatable bonds is 2. The lowest BCUT2D eigenvalue weighted by Gasteiger charge is -2.09. The average molecular weight is 229 g/mol. The van der Waals surface area contributed by atoms with Crippen LogP contribution in [0.3, 0.4) is 0 Å². The van der Waals surface area contributed by atoms with Crippen LogP contribution in [0, 0.1) is 6.92 Å². The van der Waals surface area contributed by atoms with Gasteiger partial charge in [-0.1, -0.05) is 17.7 Å². The van der Waals surface area contributed by atoms with Gasteiger partial charge in [0.05, 0.1) is 0 Å². The molecule has 0 spiro atoms. The second kappa shape index (κ2) is 4.43. The molecule has 0 bridgehead atoms. The van der Waals surface area contributed by atoms with Crippen LogP contribution in [0.2, 0.25) is 0 Å². The molecule has 0 amide bonds. The summed E-state index contributed by atoms with van der Waals surface area (Å²) in [6.07, 6.45) is 1.62. The molecule has 2 aromatic rings. The number of anilines is 1. The van der Waals surface area contributed by atoms with Crippen LogP contribution in [0.5, 0.6) is 0 Å². The largest absolute Gasteiger partial charge is 0.398 e. The van der Waals surface area contributed by atoms with E-state index in [0.717, 1.165) is 11.3 Å². The molecule has 4 heteroatoms. The number of benzene rings is 1. The minimum atomic E-state index is -0.120. The molecule has 17 heavy (non-hydrogen) atoms. The van der Waals surface area contributed by atoms with Crippen molar-refractivity contribution < 1.29 is 0 Å². The van der Waals surface area contributed by atoms with Crippen LogP contribution in [-0.2, 0) is 6.54 Å². The maximum absolute atomic E-state index is 12.1. The van der Waals surface area contributed by atoms with Gasteiger partial charge in [-0.3, -0.25) is 9.36 Å². The zero-order valence-electron chi connectivity index (χ0n) is 9.68. The molecule has 0 aliphatic heterocycles. The maximum atomic E-state index is 12.1. The molecule has 1 heterocycles. The number of aromatic nitrogens is 1. The van der Waals surface area contributed by atoms with Gasteiger partial charge < -0.3 is 11.5 Å². The number of nitrogens with two attached hydrogens (primary N) is 2. The van der Waals surface area contributed by atoms with Crippen LogP contribution >= 0.6 is 0 Å². The molecule has 0 unspecified atom stereocenters. The predicted octanol–water partition coefficient (Wildman–Crippen LogP) is 1.19. The minimum absolute atomic E-state index is 0.120. The maximum Gasteiger partial charge on any atom is 0.259 e. The molecule has 88 valence electrons. The van der Waals surface area contributed by atoms with Crippen molar-refractivity contribution in [3.05, 3.63) is 58.0 Å². The second-order valence-corrected chi connectivity index (χ2v) is 4.01. The van der Waals surface area contributed by atoms with Crippen molar-refractivity contribution in [1.29, 1.82) is 0 Å². The summed E-state index contributed by atoms with van der Waals surface area (Å²) in [6, 6.07) is 9.29. The third-order valence-corrected chi connectivity index (χ3v) is 2.64. The van der Waals surface area contributed by atoms with Gasteiger partial charge >= 0.3 is 0 Å². The Labute approximate surface area is 99.5 Å². The highest BCUT2D eigenvalue weighted by Gasteiger charge is 2.05. The lowest BCUT2D eigenvalue weighted by atomic mass is 10.2. The molecular weight excluding hydrogens is 214 g/mol. The fraction of sp³-hybridized carbons (Fsp3) is 0.154. The Morgan fingerprint density at radius 1 is 1.24 bits per heavy atom. The van der Waals surface area contributed by atoms with E-state index in [2.05, 4.69) is 0 Å². The van der Waals surface area contributed by atoms with Gasteiger partial charge in [0.2, 0.25) is 0 Å². The van der Waals surface area contributed by atoms with E-state index in [1.54, 1.807) is 12.3 Å². The van der Waals surface area contributed by atoms with E-state index in [4.69, 9.17) is 11.5 Å². The van der Waals surface area contributed by atoms with Crippen molar-refractivity contribution in [2.45, 2.75) is 13.5 Å². The lowest BCUT2D eigenvalue weighted by molar-refractivity contribution is 0.927. The lowest BCUT2D eigenvalue weighted by Crippen LogP contribution is -2.24. The van der Waals surface area contributed by atoms with E-state index in [9.17, 15) is 4.79 Å². The molecule has 1 aromatic heterocycles. The summed E-state index contributed by atoms with van der Waals surface area (Å²) in [4.78, 5) is 12.1. The third-order valence-electron chi connectivity index (χ3n) is 2.64. The van der Waals surface area contributed by atoms with Gasteiger partial charge in [-0.2, -0.15) is 0 Å². The Hall–Kier alpha value is -2.07. The van der Waals surface area contributed by atoms with Gasteiger partial charge in [-0.25, -0.2) is 0 Å². The van der Waals surface area contributed by atoms with Crippen molar-refractivity contribution in [1.82, 2.24) is 4.57 Å². The van der Waals surface area contributed by atoms with E-state index >= 15 is 0 Å². The summed E-state index contributed by atoms with van der Waals surface area (Å²) in [6.45, 7) is 2.19. The first-order valence-corrected chi connectivity index (χ1v) is 5.40. The highest BCUT2D eigenvalue weighted by atomic mass is 16.1. The Balaban J connectivity index is 2.63. The molecule has 0 atom stereocenters. The predicted molar refractivity (Wildman–Crippen MR) is 69.1 cm³/mol. The zero-order chi connectivity index (χ0) is 12.4. The molecule has 4 N–H and O–H groups in total. The van der Waals surface area contributed by atoms with Gasteiger partial charge in [-0.05, 0) is 25.1 Å². The van der Waals surface area contributed by atoms with Gasteiger partial charge in [0.1, 0.15) is 0 Å². The van der Waals surface area contributed by atoms with Gasteiger partial charge in [0.25, 0.3) is 5.56 Å². The first-order chi connectivity index (χ1) is 8.11. The van der Waals surface area contributed by atoms with E-state index in [0.29, 0.717) is 11.3 Å². The SMILES string of the molecule is Cc1ccc(-n2cc(N)cc(CN)c2=O)cc1. The van der Waals surface area contributed by atoms with Crippen LogP contribution in [-0.4, -0.2) is 4.57 Å². The smallest absolute Gasteiger partial charge is 0.259 e. The van der Waals surface area contributed by atoms with E-state index < -0.39 is 0 Å². The zero-order valence-corrected chi connectivity index (χ0v) is 9.68. The third kappa shape index (κ3) is 2.21. The van der Waals surface area contributed by atoms with Crippen molar-refractivity contribution in [2.75, 3.05) is 5.73 Å².